The van der Waals surface area contributed by atoms with E-state index >= 15 is 0 Å². The highest BCUT2D eigenvalue weighted by Crippen LogP contribution is 2.25. The Morgan fingerprint density at radius 1 is 1.41 bits per heavy atom. The molecule has 1 aliphatic heterocycles. The fourth-order valence-electron chi connectivity index (χ4n) is 2.24. The Morgan fingerprint density at radius 2 is 2.29 bits per heavy atom. The van der Waals surface area contributed by atoms with Crippen LogP contribution < -0.4 is 10.6 Å². The monoisotopic (exact) mass is 228 g/mol. The molecule has 0 fully saturated rings. The van der Waals surface area contributed by atoms with Gasteiger partial charge in [0.05, 0.1) is 0 Å². The summed E-state index contributed by atoms with van der Waals surface area (Å²) >= 11 is 0. The second-order valence-corrected chi connectivity index (χ2v) is 4.46. The van der Waals surface area contributed by atoms with E-state index < -0.39 is 0 Å². The summed E-state index contributed by atoms with van der Waals surface area (Å²) in [6.45, 7) is 0.895. The van der Waals surface area contributed by atoms with Crippen molar-refractivity contribution >= 4 is 11.5 Å². The van der Waals surface area contributed by atoms with Crippen molar-refractivity contribution in [2.45, 2.75) is 12.5 Å². The molecule has 1 aliphatic rings. The highest BCUT2D eigenvalue weighted by atomic mass is 15.3. The topological polar surface area (TPSA) is 41.9 Å². The molecule has 0 aliphatic carbocycles. The van der Waals surface area contributed by atoms with Crippen LogP contribution in [-0.4, -0.2) is 22.4 Å². The van der Waals surface area contributed by atoms with Gasteiger partial charge in [-0.2, -0.15) is 5.10 Å². The lowest BCUT2D eigenvalue weighted by Gasteiger charge is -2.11. The van der Waals surface area contributed by atoms with E-state index in [-0.39, 0.29) is 0 Å². The van der Waals surface area contributed by atoms with Crippen molar-refractivity contribution in [1.29, 1.82) is 0 Å². The molecular formula is C13H16N4. The molecule has 2 N–H and O–H groups in total. The predicted molar refractivity (Wildman–Crippen MR) is 69.3 cm³/mol. The molecule has 0 spiro atoms. The maximum Gasteiger partial charge on any atom is 0.148 e. The van der Waals surface area contributed by atoms with E-state index in [2.05, 4.69) is 40.0 Å². The second-order valence-electron chi connectivity index (χ2n) is 4.46. The third-order valence-corrected chi connectivity index (χ3v) is 3.09. The molecule has 0 saturated carbocycles. The Hall–Kier alpha value is -1.97. The van der Waals surface area contributed by atoms with E-state index in [0.29, 0.717) is 6.04 Å². The van der Waals surface area contributed by atoms with Gasteiger partial charge in [0, 0.05) is 37.6 Å². The van der Waals surface area contributed by atoms with Crippen LogP contribution in [0.5, 0.6) is 0 Å². The van der Waals surface area contributed by atoms with E-state index in [1.807, 2.05) is 19.3 Å². The summed E-state index contributed by atoms with van der Waals surface area (Å²) in [6, 6.07) is 10.9. The molecule has 1 aromatic heterocycles. The van der Waals surface area contributed by atoms with Crippen molar-refractivity contribution in [1.82, 2.24) is 9.78 Å². The minimum atomic E-state index is 0.453. The maximum atomic E-state index is 4.30. The number of nitrogens with one attached hydrogen (secondary N) is 2. The van der Waals surface area contributed by atoms with Gasteiger partial charge in [0.25, 0.3) is 0 Å². The third kappa shape index (κ3) is 2.11. The number of fused-ring (bicyclic) bond motifs is 1. The molecule has 17 heavy (non-hydrogen) atoms. The van der Waals surface area contributed by atoms with Crippen molar-refractivity contribution in [2.75, 3.05) is 17.2 Å². The lowest BCUT2D eigenvalue weighted by Crippen LogP contribution is -2.25. The normalized spacial score (nSPS) is 17.6. The highest BCUT2D eigenvalue weighted by molar-refractivity contribution is 5.57. The molecule has 2 heterocycles. The van der Waals surface area contributed by atoms with Gasteiger partial charge in [0.15, 0.2) is 0 Å². The van der Waals surface area contributed by atoms with Crippen molar-refractivity contribution in [3.63, 3.8) is 0 Å². The van der Waals surface area contributed by atoms with Crippen LogP contribution in [0.25, 0.3) is 0 Å². The molecule has 0 saturated heterocycles. The number of aromatic nitrogens is 2. The number of rotatable bonds is 3. The van der Waals surface area contributed by atoms with Crippen LogP contribution in [0.2, 0.25) is 0 Å². The summed E-state index contributed by atoms with van der Waals surface area (Å²) in [5.41, 5.74) is 2.67. The van der Waals surface area contributed by atoms with E-state index in [9.17, 15) is 0 Å². The summed E-state index contributed by atoms with van der Waals surface area (Å²) < 4.78 is 1.80. The zero-order valence-corrected chi connectivity index (χ0v) is 9.85. The van der Waals surface area contributed by atoms with Gasteiger partial charge in [0.1, 0.15) is 5.82 Å². The zero-order valence-electron chi connectivity index (χ0n) is 9.85. The van der Waals surface area contributed by atoms with Gasteiger partial charge in [0.2, 0.25) is 0 Å². The third-order valence-electron chi connectivity index (χ3n) is 3.09. The molecule has 2 aromatic rings. The van der Waals surface area contributed by atoms with Crippen molar-refractivity contribution in [3.05, 3.63) is 42.1 Å². The molecule has 88 valence electrons. The van der Waals surface area contributed by atoms with Gasteiger partial charge in [-0.3, -0.25) is 4.68 Å². The fourth-order valence-corrected chi connectivity index (χ4v) is 2.24. The van der Waals surface area contributed by atoms with Crippen LogP contribution in [-0.2, 0) is 13.5 Å². The first kappa shape index (κ1) is 10.2. The van der Waals surface area contributed by atoms with Crippen LogP contribution in [0.3, 0.4) is 0 Å². The Kier molecular flexibility index (Phi) is 2.48. The fraction of sp³-hybridized carbons (Fsp3) is 0.308. The minimum Gasteiger partial charge on any atom is -0.380 e. The number of hydrogen-bond acceptors (Lipinski definition) is 3. The SMILES string of the molecule is Cn1ccc(NCC2Cc3ccccc3N2)n1. The van der Waals surface area contributed by atoms with E-state index in [4.69, 9.17) is 0 Å². The molecule has 3 rings (SSSR count). The van der Waals surface area contributed by atoms with Crippen LogP contribution in [0.1, 0.15) is 5.56 Å². The van der Waals surface area contributed by atoms with Crippen LogP contribution >= 0.6 is 0 Å². The van der Waals surface area contributed by atoms with Crippen LogP contribution in [0, 0.1) is 0 Å². The van der Waals surface area contributed by atoms with Crippen molar-refractivity contribution in [3.8, 4) is 0 Å². The van der Waals surface area contributed by atoms with Gasteiger partial charge in [-0.15, -0.1) is 0 Å². The van der Waals surface area contributed by atoms with Gasteiger partial charge < -0.3 is 10.6 Å². The summed E-state index contributed by atoms with van der Waals surface area (Å²) in [5.74, 6) is 0.935. The zero-order chi connectivity index (χ0) is 11.7. The molecular weight excluding hydrogens is 212 g/mol. The first-order valence-electron chi connectivity index (χ1n) is 5.89. The first-order chi connectivity index (χ1) is 8.31. The summed E-state index contributed by atoms with van der Waals surface area (Å²) in [6.07, 6.45) is 3.02. The largest absolute Gasteiger partial charge is 0.380 e. The van der Waals surface area contributed by atoms with Crippen LogP contribution in [0.15, 0.2) is 36.5 Å². The van der Waals surface area contributed by atoms with Crippen molar-refractivity contribution in [2.24, 2.45) is 7.05 Å². The van der Waals surface area contributed by atoms with Crippen molar-refractivity contribution < 1.29 is 0 Å². The summed E-state index contributed by atoms with van der Waals surface area (Å²) in [4.78, 5) is 0. The molecule has 1 aromatic carbocycles. The Bertz CT molecular complexity index is 493. The number of aryl methyl sites for hydroxylation is 1. The van der Waals surface area contributed by atoms with Gasteiger partial charge in [-0.25, -0.2) is 0 Å². The lowest BCUT2D eigenvalue weighted by molar-refractivity contribution is 0.753. The van der Waals surface area contributed by atoms with Gasteiger partial charge >= 0.3 is 0 Å². The molecule has 0 bridgehead atoms. The Balaban J connectivity index is 1.59. The van der Waals surface area contributed by atoms with E-state index in [1.54, 1.807) is 4.68 Å². The van der Waals surface area contributed by atoms with Gasteiger partial charge in [-0.1, -0.05) is 18.2 Å². The van der Waals surface area contributed by atoms with Crippen LogP contribution in [0.4, 0.5) is 11.5 Å². The average Bonchev–Trinajstić information content (AvgIpc) is 2.91. The van der Waals surface area contributed by atoms with E-state index in [1.165, 1.54) is 11.3 Å². The minimum absolute atomic E-state index is 0.453. The number of anilines is 2. The Morgan fingerprint density at radius 3 is 3.06 bits per heavy atom. The second kappa shape index (κ2) is 4.13. The molecule has 0 radical (unpaired) electrons. The maximum absolute atomic E-state index is 4.30. The molecule has 4 nitrogen and oxygen atoms in total. The first-order valence-corrected chi connectivity index (χ1v) is 5.89. The number of nitrogens with zero attached hydrogens (tertiary/aromatic N) is 2. The number of hydrogen-bond donors (Lipinski definition) is 2. The molecule has 1 unspecified atom stereocenters. The standard InChI is InChI=1S/C13H16N4/c1-17-7-6-13(16-17)14-9-11-8-10-4-2-3-5-12(10)15-11/h2-7,11,15H,8-9H2,1H3,(H,14,16). The van der Waals surface area contributed by atoms with Gasteiger partial charge in [-0.05, 0) is 18.1 Å². The molecule has 0 amide bonds. The average molecular weight is 228 g/mol. The molecule has 4 heteroatoms. The Labute approximate surface area is 101 Å². The smallest absolute Gasteiger partial charge is 0.148 e. The molecule has 1 atom stereocenters. The summed E-state index contributed by atoms with van der Waals surface area (Å²) in [5, 5.41) is 11.2. The summed E-state index contributed by atoms with van der Waals surface area (Å²) in [7, 11) is 1.93. The lowest BCUT2D eigenvalue weighted by atomic mass is 10.1. The predicted octanol–water partition coefficient (Wildman–Crippen LogP) is 1.87. The highest BCUT2D eigenvalue weighted by Gasteiger charge is 2.19. The van der Waals surface area contributed by atoms with E-state index in [0.717, 1.165) is 18.8 Å². The quantitative estimate of drug-likeness (QED) is 0.842. The number of para-hydroxylation sites is 1. The number of benzene rings is 1.